The first kappa shape index (κ1) is 26.9. The monoisotopic (exact) mass is 571 g/mol. The number of rotatable bonds is 6. The third-order valence-corrected chi connectivity index (χ3v) is 7.32. The van der Waals surface area contributed by atoms with Gasteiger partial charge in [0.25, 0.3) is 0 Å². The Morgan fingerprint density at radius 2 is 1.45 bits per heavy atom. The van der Waals surface area contributed by atoms with Crippen molar-refractivity contribution in [1.82, 2.24) is 0 Å². The molecule has 1 fully saturated rings. The summed E-state index contributed by atoms with van der Waals surface area (Å²) in [4.78, 5) is 24.7. The predicted octanol–water partition coefficient (Wildman–Crippen LogP) is 7.60. The molecule has 5 aromatic rings. The summed E-state index contributed by atoms with van der Waals surface area (Å²) in [5.74, 6) is 1.21. The van der Waals surface area contributed by atoms with Crippen LogP contribution in [0.4, 0.5) is 17.1 Å². The van der Waals surface area contributed by atoms with Gasteiger partial charge in [0, 0.05) is 5.69 Å². The molecule has 2 heterocycles. The maximum Gasteiger partial charge on any atom is 0.345 e. The Hall–Kier alpha value is -5.28. The Morgan fingerprint density at radius 1 is 0.810 bits per heavy atom. The van der Waals surface area contributed by atoms with E-state index < -0.39 is 5.63 Å². The highest BCUT2D eigenvalue weighted by Crippen LogP contribution is 2.33. The van der Waals surface area contributed by atoms with E-state index in [1.165, 1.54) is 11.8 Å². The number of aliphatic imine (C=N–C) groups is 2. The smallest absolute Gasteiger partial charge is 0.345 e. The SMILES string of the molecule is COc1cccc2oc(=O)c(/C(C)=N\N=C3\SC(=Nc4ccccc4)C(=Nc4ccccc4)N3c3ccccc3)cc12. The highest BCUT2D eigenvalue weighted by Gasteiger charge is 2.35. The van der Waals surface area contributed by atoms with E-state index in [9.17, 15) is 4.79 Å². The van der Waals surface area contributed by atoms with E-state index in [-0.39, 0.29) is 0 Å². The van der Waals surface area contributed by atoms with Gasteiger partial charge in [0.1, 0.15) is 16.4 Å². The van der Waals surface area contributed by atoms with Crippen LogP contribution in [-0.2, 0) is 0 Å². The van der Waals surface area contributed by atoms with Crippen molar-refractivity contribution in [3.8, 4) is 5.75 Å². The Kier molecular flexibility index (Phi) is 7.74. The van der Waals surface area contributed by atoms with Crippen LogP contribution in [0.2, 0.25) is 0 Å². The molecule has 0 amide bonds. The summed E-state index contributed by atoms with van der Waals surface area (Å²) in [5, 5.41) is 11.0. The first-order valence-electron chi connectivity index (χ1n) is 13.1. The molecule has 0 atom stereocenters. The van der Waals surface area contributed by atoms with Crippen LogP contribution in [0.3, 0.4) is 0 Å². The number of thioether (sulfide) groups is 1. The van der Waals surface area contributed by atoms with Crippen molar-refractivity contribution in [2.75, 3.05) is 12.0 Å². The summed E-state index contributed by atoms with van der Waals surface area (Å²) >= 11 is 1.35. The summed E-state index contributed by atoms with van der Waals surface area (Å²) in [6, 6.07) is 36.2. The molecule has 6 rings (SSSR count). The molecule has 0 aliphatic carbocycles. The number of hydrogen-bond donors (Lipinski definition) is 0. The zero-order valence-electron chi connectivity index (χ0n) is 22.8. The number of methoxy groups -OCH3 is 1. The third kappa shape index (κ3) is 5.63. The lowest BCUT2D eigenvalue weighted by Gasteiger charge is -2.17. The van der Waals surface area contributed by atoms with Crippen LogP contribution < -0.4 is 15.3 Å². The topological polar surface area (TPSA) is 92.1 Å². The standard InChI is InChI=1S/C33H25N5O3S/c1-22(26-21-27-28(40-2)19-12-20-29(27)41-32(26)39)36-37-33-38(25-17-10-5-11-18-25)30(34-23-13-6-3-7-14-23)31(42-33)35-24-15-8-4-9-16-24/h3-21H,1-2H3/b34-30?,35-31?,36-22-,37-33+. The molecule has 0 N–H and O–H groups in total. The number of hydrogen-bond acceptors (Lipinski definition) is 8. The molecule has 1 aliphatic rings. The molecule has 9 heteroatoms. The van der Waals surface area contributed by atoms with E-state index in [0.29, 0.717) is 44.0 Å². The predicted molar refractivity (Wildman–Crippen MR) is 172 cm³/mol. The second-order valence-corrected chi connectivity index (χ2v) is 10.1. The van der Waals surface area contributed by atoms with Gasteiger partial charge < -0.3 is 9.15 Å². The first-order valence-corrected chi connectivity index (χ1v) is 14.0. The molecule has 4 aromatic carbocycles. The van der Waals surface area contributed by atoms with Crippen LogP contribution in [-0.4, -0.2) is 28.9 Å². The average Bonchev–Trinajstić information content (AvgIpc) is 3.36. The molecular formula is C33H25N5O3S. The molecule has 1 aromatic heterocycles. The number of anilines is 1. The Balaban J connectivity index is 1.49. The fraction of sp³-hybridized carbons (Fsp3) is 0.0606. The van der Waals surface area contributed by atoms with Gasteiger partial charge in [-0.15, -0.1) is 5.10 Å². The normalized spacial score (nSPS) is 16.6. The quantitative estimate of drug-likeness (QED) is 0.119. The highest BCUT2D eigenvalue weighted by atomic mass is 32.2. The molecule has 0 saturated carbocycles. The lowest BCUT2D eigenvalue weighted by Crippen LogP contribution is -2.30. The molecule has 0 bridgehead atoms. The average molecular weight is 572 g/mol. The number of nitrogens with zero attached hydrogens (tertiary/aromatic N) is 5. The Morgan fingerprint density at radius 3 is 2.12 bits per heavy atom. The number of fused-ring (bicyclic) bond motifs is 1. The van der Waals surface area contributed by atoms with Gasteiger partial charge in [-0.1, -0.05) is 60.7 Å². The summed E-state index contributed by atoms with van der Waals surface area (Å²) in [5.41, 5.74) is 3.03. The van der Waals surface area contributed by atoms with Crippen molar-refractivity contribution in [2.45, 2.75) is 6.92 Å². The number of benzene rings is 4. The van der Waals surface area contributed by atoms with Crippen molar-refractivity contribution < 1.29 is 9.15 Å². The van der Waals surface area contributed by atoms with Crippen LogP contribution >= 0.6 is 11.8 Å². The van der Waals surface area contributed by atoms with Crippen LogP contribution in [0.1, 0.15) is 12.5 Å². The van der Waals surface area contributed by atoms with E-state index in [0.717, 1.165) is 17.1 Å². The van der Waals surface area contributed by atoms with Gasteiger partial charge in [0.2, 0.25) is 5.17 Å². The molecule has 0 spiro atoms. The van der Waals surface area contributed by atoms with Crippen LogP contribution in [0, 0.1) is 0 Å². The maximum absolute atomic E-state index is 12.9. The summed E-state index contributed by atoms with van der Waals surface area (Å²) in [7, 11) is 1.57. The second kappa shape index (κ2) is 12.1. The zero-order chi connectivity index (χ0) is 28.9. The number of para-hydroxylation sites is 3. The Labute approximate surface area is 246 Å². The zero-order valence-corrected chi connectivity index (χ0v) is 23.7. The molecule has 0 radical (unpaired) electrons. The first-order chi connectivity index (χ1) is 20.6. The van der Waals surface area contributed by atoms with Crippen molar-refractivity contribution in [3.63, 3.8) is 0 Å². The van der Waals surface area contributed by atoms with Gasteiger partial charge in [-0.05, 0) is 73.3 Å². The molecule has 206 valence electrons. The molecular weight excluding hydrogens is 546 g/mol. The molecule has 42 heavy (non-hydrogen) atoms. The maximum atomic E-state index is 12.9. The minimum absolute atomic E-state index is 0.293. The van der Waals surface area contributed by atoms with Crippen molar-refractivity contribution in [1.29, 1.82) is 0 Å². The third-order valence-electron chi connectivity index (χ3n) is 6.41. The summed E-state index contributed by atoms with van der Waals surface area (Å²) in [6.45, 7) is 1.72. The molecule has 1 aliphatic heterocycles. The van der Waals surface area contributed by atoms with Crippen molar-refractivity contribution in [3.05, 3.63) is 131 Å². The summed E-state index contributed by atoms with van der Waals surface area (Å²) in [6.07, 6.45) is 0. The fourth-order valence-corrected chi connectivity index (χ4v) is 5.29. The van der Waals surface area contributed by atoms with Crippen LogP contribution in [0.15, 0.2) is 145 Å². The second-order valence-electron chi connectivity index (χ2n) is 9.18. The largest absolute Gasteiger partial charge is 0.496 e. The van der Waals surface area contributed by atoms with E-state index in [4.69, 9.17) is 19.1 Å². The molecule has 0 unspecified atom stereocenters. The van der Waals surface area contributed by atoms with Gasteiger partial charge in [-0.3, -0.25) is 4.90 Å². The van der Waals surface area contributed by atoms with E-state index >= 15 is 0 Å². The van der Waals surface area contributed by atoms with E-state index in [1.807, 2.05) is 102 Å². The summed E-state index contributed by atoms with van der Waals surface area (Å²) < 4.78 is 11.0. The van der Waals surface area contributed by atoms with E-state index in [1.54, 1.807) is 32.2 Å². The lowest BCUT2D eigenvalue weighted by atomic mass is 10.1. The van der Waals surface area contributed by atoms with Crippen LogP contribution in [0.5, 0.6) is 5.75 Å². The van der Waals surface area contributed by atoms with Gasteiger partial charge in [-0.25, -0.2) is 14.8 Å². The molecule has 1 saturated heterocycles. The fourth-order valence-electron chi connectivity index (χ4n) is 4.37. The van der Waals surface area contributed by atoms with E-state index in [2.05, 4.69) is 10.2 Å². The van der Waals surface area contributed by atoms with Gasteiger partial charge in [0.05, 0.1) is 35.1 Å². The minimum atomic E-state index is -0.506. The van der Waals surface area contributed by atoms with Gasteiger partial charge in [-0.2, -0.15) is 5.10 Å². The molecule has 8 nitrogen and oxygen atoms in total. The van der Waals surface area contributed by atoms with Crippen LogP contribution in [0.25, 0.3) is 11.0 Å². The number of amidine groups is 2. The van der Waals surface area contributed by atoms with Gasteiger partial charge >= 0.3 is 5.63 Å². The number of ether oxygens (including phenoxy) is 1. The minimum Gasteiger partial charge on any atom is -0.496 e. The van der Waals surface area contributed by atoms with Gasteiger partial charge in [0.15, 0.2) is 5.84 Å². The highest BCUT2D eigenvalue weighted by molar-refractivity contribution is 8.29. The van der Waals surface area contributed by atoms with Crippen molar-refractivity contribution in [2.24, 2.45) is 20.2 Å². The van der Waals surface area contributed by atoms with Crippen molar-refractivity contribution >= 4 is 61.6 Å². The lowest BCUT2D eigenvalue weighted by molar-refractivity contribution is 0.418. The Bertz CT molecular complexity index is 1920.